The van der Waals surface area contributed by atoms with E-state index >= 15 is 0 Å². The fourth-order valence-corrected chi connectivity index (χ4v) is 5.75. The van der Waals surface area contributed by atoms with E-state index in [4.69, 9.17) is 9.84 Å². The SMILES string of the molecule is COc1ccc(CN2N=C(C3CCCCC3)c3cc(-c4cccnc4)ccc3N(c3ccc([N+](=O)[O-])cc3)C2=O)cc1. The Bertz CT molecular complexity index is 1620. The van der Waals surface area contributed by atoms with Crippen LogP contribution in [0.5, 0.6) is 5.75 Å². The minimum absolute atomic E-state index is 0.0394. The molecule has 1 aliphatic heterocycles. The van der Waals surface area contributed by atoms with Crippen LogP contribution < -0.4 is 9.64 Å². The zero-order chi connectivity index (χ0) is 29.1. The van der Waals surface area contributed by atoms with Crippen molar-refractivity contribution in [3.8, 4) is 16.9 Å². The van der Waals surface area contributed by atoms with Gasteiger partial charge in [-0.1, -0.05) is 43.5 Å². The Balaban J connectivity index is 1.52. The largest absolute Gasteiger partial charge is 0.497 e. The number of pyridine rings is 1. The maximum absolute atomic E-state index is 14.4. The highest BCUT2D eigenvalue weighted by molar-refractivity contribution is 6.14. The molecule has 2 heterocycles. The van der Waals surface area contributed by atoms with Gasteiger partial charge in [-0.25, -0.2) is 9.80 Å². The number of methoxy groups -OCH3 is 1. The molecule has 42 heavy (non-hydrogen) atoms. The van der Waals surface area contributed by atoms with E-state index in [1.807, 2.05) is 54.7 Å². The molecule has 4 aromatic rings. The minimum Gasteiger partial charge on any atom is -0.497 e. The number of ether oxygens (including phenoxy) is 1. The third kappa shape index (κ3) is 5.45. The quantitative estimate of drug-likeness (QED) is 0.170. The molecule has 1 aliphatic carbocycles. The van der Waals surface area contributed by atoms with Crippen LogP contribution in [-0.4, -0.2) is 33.8 Å². The molecule has 1 fully saturated rings. The van der Waals surface area contributed by atoms with Gasteiger partial charge in [0.25, 0.3) is 5.69 Å². The number of nitro groups is 1. The zero-order valence-electron chi connectivity index (χ0n) is 23.3. The summed E-state index contributed by atoms with van der Waals surface area (Å²) < 4.78 is 5.32. The fraction of sp³-hybridized carbons (Fsp3) is 0.242. The Kier molecular flexibility index (Phi) is 7.64. The molecule has 0 atom stereocenters. The van der Waals surface area contributed by atoms with Gasteiger partial charge in [0.15, 0.2) is 0 Å². The molecule has 212 valence electrons. The molecule has 0 radical (unpaired) electrons. The monoisotopic (exact) mass is 561 g/mol. The van der Waals surface area contributed by atoms with Crippen LogP contribution in [-0.2, 0) is 6.54 Å². The number of carbonyl (C=O) groups is 1. The van der Waals surface area contributed by atoms with Gasteiger partial charge in [0.05, 0.1) is 35.7 Å². The molecule has 3 aromatic carbocycles. The normalized spacial score (nSPS) is 15.5. The number of hydrogen-bond acceptors (Lipinski definition) is 6. The van der Waals surface area contributed by atoms with E-state index in [-0.39, 0.29) is 24.2 Å². The Morgan fingerprint density at radius 1 is 0.952 bits per heavy atom. The first kappa shape index (κ1) is 27.1. The highest BCUT2D eigenvalue weighted by Gasteiger charge is 2.34. The number of carbonyl (C=O) groups excluding carboxylic acids is 1. The number of aromatic nitrogens is 1. The van der Waals surface area contributed by atoms with Gasteiger partial charge >= 0.3 is 6.03 Å². The van der Waals surface area contributed by atoms with Crippen molar-refractivity contribution in [2.24, 2.45) is 11.0 Å². The molecule has 2 aliphatic rings. The Labute approximate surface area is 244 Å². The lowest BCUT2D eigenvalue weighted by atomic mass is 9.82. The van der Waals surface area contributed by atoms with Gasteiger partial charge in [-0.2, -0.15) is 5.10 Å². The summed E-state index contributed by atoms with van der Waals surface area (Å²) in [6.45, 7) is 0.256. The van der Waals surface area contributed by atoms with Gasteiger partial charge in [0.1, 0.15) is 5.75 Å². The number of fused-ring (bicyclic) bond motifs is 1. The first-order valence-electron chi connectivity index (χ1n) is 14.1. The third-order valence-corrected chi connectivity index (χ3v) is 7.95. The first-order valence-corrected chi connectivity index (χ1v) is 14.1. The molecular formula is C33H31N5O4. The van der Waals surface area contributed by atoms with Crippen molar-refractivity contribution in [2.45, 2.75) is 38.6 Å². The predicted octanol–water partition coefficient (Wildman–Crippen LogP) is 7.72. The minimum atomic E-state index is -0.442. The van der Waals surface area contributed by atoms with E-state index in [0.717, 1.165) is 59.4 Å². The summed E-state index contributed by atoms with van der Waals surface area (Å²) in [5.41, 5.74) is 5.81. The van der Waals surface area contributed by atoms with E-state index in [1.54, 1.807) is 30.3 Å². The second-order valence-electron chi connectivity index (χ2n) is 10.6. The summed E-state index contributed by atoms with van der Waals surface area (Å²) >= 11 is 0. The summed E-state index contributed by atoms with van der Waals surface area (Å²) in [5, 5.41) is 18.0. The third-order valence-electron chi connectivity index (χ3n) is 7.95. The fourth-order valence-electron chi connectivity index (χ4n) is 5.75. The molecule has 0 N–H and O–H groups in total. The van der Waals surface area contributed by atoms with Crippen LogP contribution in [0.2, 0.25) is 0 Å². The van der Waals surface area contributed by atoms with Crippen LogP contribution in [0, 0.1) is 16.0 Å². The van der Waals surface area contributed by atoms with Crippen molar-refractivity contribution < 1.29 is 14.5 Å². The Morgan fingerprint density at radius 2 is 1.71 bits per heavy atom. The number of nitrogens with zero attached hydrogens (tertiary/aromatic N) is 5. The van der Waals surface area contributed by atoms with Crippen molar-refractivity contribution in [1.82, 2.24) is 9.99 Å². The molecule has 0 saturated heterocycles. The van der Waals surface area contributed by atoms with Crippen molar-refractivity contribution in [1.29, 1.82) is 0 Å². The molecule has 0 spiro atoms. The van der Waals surface area contributed by atoms with Gasteiger partial charge in [-0.15, -0.1) is 0 Å². The molecule has 0 bridgehead atoms. The number of rotatable bonds is 7. The van der Waals surface area contributed by atoms with Crippen molar-refractivity contribution in [3.05, 3.63) is 112 Å². The van der Waals surface area contributed by atoms with Crippen molar-refractivity contribution >= 4 is 28.8 Å². The summed E-state index contributed by atoms with van der Waals surface area (Å²) in [5.74, 6) is 0.930. The maximum atomic E-state index is 14.4. The van der Waals surface area contributed by atoms with E-state index in [9.17, 15) is 14.9 Å². The zero-order valence-corrected chi connectivity index (χ0v) is 23.3. The lowest BCUT2D eigenvalue weighted by molar-refractivity contribution is -0.384. The van der Waals surface area contributed by atoms with Crippen LogP contribution in [0.15, 0.2) is 96.4 Å². The maximum Gasteiger partial charge on any atom is 0.349 e. The molecule has 1 aromatic heterocycles. The summed E-state index contributed by atoms with van der Waals surface area (Å²) in [6.07, 6.45) is 8.98. The molecule has 6 rings (SSSR count). The molecule has 1 saturated carbocycles. The van der Waals surface area contributed by atoms with Crippen LogP contribution in [0.3, 0.4) is 0 Å². The van der Waals surface area contributed by atoms with E-state index in [1.165, 1.54) is 23.6 Å². The van der Waals surface area contributed by atoms with E-state index < -0.39 is 4.92 Å². The van der Waals surface area contributed by atoms with Crippen LogP contribution in [0.1, 0.15) is 43.2 Å². The van der Waals surface area contributed by atoms with Crippen LogP contribution in [0.25, 0.3) is 11.1 Å². The summed E-state index contributed by atoms with van der Waals surface area (Å²) in [7, 11) is 1.62. The number of hydrazone groups is 1. The van der Waals surface area contributed by atoms with Gasteiger partial charge in [0.2, 0.25) is 0 Å². The van der Waals surface area contributed by atoms with Gasteiger partial charge in [-0.05, 0) is 66.4 Å². The summed E-state index contributed by atoms with van der Waals surface area (Å²) in [4.78, 5) is 31.3. The number of non-ortho nitro benzene ring substituents is 1. The topological polar surface area (TPSA) is 101 Å². The lowest BCUT2D eigenvalue weighted by Crippen LogP contribution is -2.36. The number of benzene rings is 3. The number of hydrogen-bond donors (Lipinski definition) is 0. The van der Waals surface area contributed by atoms with Gasteiger partial charge in [-0.3, -0.25) is 20.0 Å². The average molecular weight is 562 g/mol. The molecular weight excluding hydrogens is 530 g/mol. The van der Waals surface area contributed by atoms with Gasteiger partial charge < -0.3 is 4.74 Å². The number of urea groups is 1. The second-order valence-corrected chi connectivity index (χ2v) is 10.6. The molecule has 9 heteroatoms. The Hall–Kier alpha value is -5.05. The predicted molar refractivity (Wildman–Crippen MR) is 162 cm³/mol. The Morgan fingerprint density at radius 3 is 2.38 bits per heavy atom. The highest BCUT2D eigenvalue weighted by atomic mass is 16.6. The lowest BCUT2D eigenvalue weighted by Gasteiger charge is -2.27. The molecule has 0 unspecified atom stereocenters. The molecule has 2 amide bonds. The second kappa shape index (κ2) is 11.8. The van der Waals surface area contributed by atoms with E-state index in [2.05, 4.69) is 11.1 Å². The number of anilines is 2. The van der Waals surface area contributed by atoms with Crippen LogP contribution >= 0.6 is 0 Å². The smallest absolute Gasteiger partial charge is 0.349 e. The standard InChI is InChI=1S/C33H31N5O4/c1-42-29-16-9-23(10-17-29)22-36-33(39)37(27-12-14-28(15-13-27)38(40)41)31-18-11-25(26-8-5-19-34-21-26)20-30(31)32(35-36)24-6-3-2-4-7-24/h5,8-21,24H,2-4,6-7,22H2,1H3. The average Bonchev–Trinajstić information content (AvgIpc) is 3.16. The van der Waals surface area contributed by atoms with E-state index in [0.29, 0.717) is 11.4 Å². The van der Waals surface area contributed by atoms with Crippen LogP contribution in [0.4, 0.5) is 21.9 Å². The summed E-state index contributed by atoms with van der Waals surface area (Å²) in [6, 6.07) is 23.3. The van der Waals surface area contributed by atoms with Crippen molar-refractivity contribution in [2.75, 3.05) is 12.0 Å². The van der Waals surface area contributed by atoms with Gasteiger partial charge in [0, 0.05) is 41.6 Å². The molecule has 9 nitrogen and oxygen atoms in total. The number of amides is 2. The van der Waals surface area contributed by atoms with Crippen molar-refractivity contribution in [3.63, 3.8) is 0 Å². The number of nitro benzene ring substituents is 1. The highest BCUT2D eigenvalue weighted by Crippen LogP contribution is 2.40. The first-order chi connectivity index (χ1) is 20.5.